The highest BCUT2D eigenvalue weighted by Gasteiger charge is 2.57. The molecule has 15 heavy (non-hydrogen) atoms. The third kappa shape index (κ3) is 1.60. The number of rotatable bonds is 0. The second-order valence-corrected chi connectivity index (χ2v) is 5.84. The highest BCUT2D eigenvalue weighted by molar-refractivity contribution is 6.70. The molecule has 80 valence electrons. The van der Waals surface area contributed by atoms with E-state index >= 15 is 0 Å². The molecule has 6 heteroatoms. The van der Waals surface area contributed by atoms with Crippen LogP contribution in [-0.4, -0.2) is 9.76 Å². The number of carbonyl (C=O) groups excluding carboxylic acids is 1. The van der Waals surface area contributed by atoms with E-state index in [0.29, 0.717) is 11.1 Å². The zero-order chi connectivity index (χ0) is 11.3. The molecular formula is C9H4Cl4O2. The van der Waals surface area contributed by atoms with Crippen LogP contribution < -0.4 is 0 Å². The number of halogens is 4. The summed E-state index contributed by atoms with van der Waals surface area (Å²) in [5, 5.41) is -1.74. The van der Waals surface area contributed by atoms with Crippen molar-refractivity contribution in [1.29, 1.82) is 0 Å². The van der Waals surface area contributed by atoms with Crippen molar-refractivity contribution in [2.24, 2.45) is 0 Å². The molecule has 1 heterocycles. The van der Waals surface area contributed by atoms with Crippen molar-refractivity contribution in [3.63, 3.8) is 0 Å². The second kappa shape index (κ2) is 3.42. The molecule has 0 saturated carbocycles. The van der Waals surface area contributed by atoms with Gasteiger partial charge in [0.15, 0.2) is 0 Å². The van der Waals surface area contributed by atoms with Crippen molar-refractivity contribution in [1.82, 2.24) is 0 Å². The lowest BCUT2D eigenvalue weighted by Crippen LogP contribution is -2.34. The monoisotopic (exact) mass is 284 g/mol. The Labute approximate surface area is 106 Å². The second-order valence-electron chi connectivity index (χ2n) is 3.03. The van der Waals surface area contributed by atoms with Gasteiger partial charge in [-0.2, -0.15) is 0 Å². The molecule has 2 nitrogen and oxygen atoms in total. The zero-order valence-corrected chi connectivity index (χ0v) is 10.2. The normalized spacial score (nSPS) is 24.9. The van der Waals surface area contributed by atoms with Crippen LogP contribution in [0.2, 0.25) is 0 Å². The van der Waals surface area contributed by atoms with Crippen LogP contribution in [0.25, 0.3) is 0 Å². The molecule has 0 aromatic heterocycles. The molecule has 1 aromatic rings. The van der Waals surface area contributed by atoms with Crippen LogP contribution in [0.3, 0.4) is 0 Å². The van der Waals surface area contributed by atoms with Crippen LogP contribution in [0, 0.1) is 0 Å². The van der Waals surface area contributed by atoms with E-state index in [4.69, 9.17) is 51.1 Å². The van der Waals surface area contributed by atoms with E-state index in [0.717, 1.165) is 0 Å². The van der Waals surface area contributed by atoms with Crippen molar-refractivity contribution in [2.75, 3.05) is 0 Å². The molecule has 1 unspecified atom stereocenters. The highest BCUT2D eigenvalue weighted by Crippen LogP contribution is 2.54. The minimum absolute atomic E-state index is 0.318. The topological polar surface area (TPSA) is 26.3 Å². The lowest BCUT2D eigenvalue weighted by atomic mass is 10.1. The van der Waals surface area contributed by atoms with Gasteiger partial charge in [-0.05, 0) is 6.07 Å². The van der Waals surface area contributed by atoms with Crippen molar-refractivity contribution >= 4 is 52.4 Å². The molecule has 0 bridgehead atoms. The van der Waals surface area contributed by atoms with Gasteiger partial charge in [0.25, 0.3) is 5.06 Å². The summed E-state index contributed by atoms with van der Waals surface area (Å²) in [7, 11) is 0. The first-order valence-electron chi connectivity index (χ1n) is 3.95. The fourth-order valence-corrected chi connectivity index (χ4v) is 2.05. The number of alkyl halides is 4. The molecule has 0 radical (unpaired) electrons. The van der Waals surface area contributed by atoms with Gasteiger partial charge < -0.3 is 4.74 Å². The zero-order valence-electron chi connectivity index (χ0n) is 7.14. The van der Waals surface area contributed by atoms with E-state index in [2.05, 4.69) is 0 Å². The molecule has 1 atom stereocenters. The van der Waals surface area contributed by atoms with Gasteiger partial charge in [0.1, 0.15) is 0 Å². The van der Waals surface area contributed by atoms with E-state index in [9.17, 15) is 4.79 Å². The van der Waals surface area contributed by atoms with Crippen LogP contribution in [-0.2, 0) is 9.80 Å². The number of cyclic esters (lactones) is 1. The Bertz CT molecular complexity index is 426. The van der Waals surface area contributed by atoms with Gasteiger partial charge in [0.2, 0.25) is 3.79 Å². The van der Waals surface area contributed by atoms with Crippen molar-refractivity contribution in [3.05, 3.63) is 35.4 Å². The van der Waals surface area contributed by atoms with Crippen LogP contribution in [0.15, 0.2) is 24.3 Å². The molecule has 0 amide bonds. The van der Waals surface area contributed by atoms with E-state index < -0.39 is 14.8 Å². The SMILES string of the molecule is O=C1OC(Cl)(C(Cl)(Cl)Cl)c2ccccc21. The summed E-state index contributed by atoms with van der Waals surface area (Å²) < 4.78 is 2.99. The average Bonchev–Trinajstić information content (AvgIpc) is 2.41. The maximum absolute atomic E-state index is 11.4. The molecule has 0 fully saturated rings. The van der Waals surface area contributed by atoms with E-state index in [1.165, 1.54) is 0 Å². The summed E-state index contributed by atoms with van der Waals surface area (Å²) in [6.45, 7) is 0. The first kappa shape index (κ1) is 11.3. The van der Waals surface area contributed by atoms with Crippen molar-refractivity contribution in [3.8, 4) is 0 Å². The average molecular weight is 286 g/mol. The van der Waals surface area contributed by atoms with Gasteiger partial charge in [-0.3, -0.25) is 0 Å². The Morgan fingerprint density at radius 1 is 1.20 bits per heavy atom. The molecule has 0 saturated heterocycles. The maximum atomic E-state index is 11.4. The number of hydrogen-bond donors (Lipinski definition) is 0. The molecule has 1 aromatic carbocycles. The summed E-state index contributed by atoms with van der Waals surface area (Å²) >= 11 is 23.1. The molecule has 0 aliphatic carbocycles. The summed E-state index contributed by atoms with van der Waals surface area (Å²) in [5.74, 6) is -0.591. The van der Waals surface area contributed by atoms with Crippen LogP contribution in [0.4, 0.5) is 0 Å². The predicted molar refractivity (Wildman–Crippen MR) is 59.7 cm³/mol. The number of fused-ring (bicyclic) bond motifs is 1. The van der Waals surface area contributed by atoms with Gasteiger partial charge in [-0.1, -0.05) is 64.6 Å². The van der Waals surface area contributed by atoms with Crippen LogP contribution >= 0.6 is 46.4 Å². The molecule has 0 N–H and O–H groups in total. The predicted octanol–water partition coefficient (Wildman–Crippen LogP) is 3.62. The molecule has 1 aliphatic heterocycles. The smallest absolute Gasteiger partial charge is 0.340 e. The standard InChI is InChI=1S/C9H4Cl4O2/c10-8(9(11,12)13)6-4-2-1-3-5(6)7(14)15-8/h1-4H. The van der Waals surface area contributed by atoms with Crippen LogP contribution in [0.1, 0.15) is 15.9 Å². The molecule has 2 rings (SSSR count). The van der Waals surface area contributed by atoms with E-state index in [1.54, 1.807) is 24.3 Å². The van der Waals surface area contributed by atoms with Crippen molar-refractivity contribution < 1.29 is 9.53 Å². The summed E-state index contributed by atoms with van der Waals surface area (Å²) in [6, 6.07) is 6.53. The number of esters is 1. The highest BCUT2D eigenvalue weighted by atomic mass is 35.6. The minimum Gasteiger partial charge on any atom is -0.430 e. The number of hydrogen-bond acceptors (Lipinski definition) is 2. The molecular weight excluding hydrogens is 282 g/mol. The Morgan fingerprint density at radius 2 is 1.80 bits per heavy atom. The maximum Gasteiger partial charge on any atom is 0.340 e. The van der Waals surface area contributed by atoms with E-state index in [1.807, 2.05) is 0 Å². The van der Waals surface area contributed by atoms with E-state index in [-0.39, 0.29) is 0 Å². The number of ether oxygens (including phenoxy) is 1. The third-order valence-corrected chi connectivity index (χ3v) is 3.74. The summed E-state index contributed by atoms with van der Waals surface area (Å²) in [5.41, 5.74) is 0.690. The quantitative estimate of drug-likeness (QED) is 0.538. The molecule has 0 spiro atoms. The first-order chi connectivity index (χ1) is 6.86. The molecule has 1 aliphatic rings. The first-order valence-corrected chi connectivity index (χ1v) is 5.46. The van der Waals surface area contributed by atoms with Gasteiger partial charge >= 0.3 is 5.97 Å². The van der Waals surface area contributed by atoms with Crippen LogP contribution in [0.5, 0.6) is 0 Å². The van der Waals surface area contributed by atoms with Gasteiger partial charge in [-0.25, -0.2) is 4.79 Å². The largest absolute Gasteiger partial charge is 0.430 e. The Balaban J connectivity index is 2.63. The summed E-state index contributed by atoms with van der Waals surface area (Å²) in [4.78, 5) is 11.4. The fraction of sp³-hybridized carbons (Fsp3) is 0.222. The summed E-state index contributed by atoms with van der Waals surface area (Å²) in [6.07, 6.45) is 0. The van der Waals surface area contributed by atoms with Gasteiger partial charge in [0.05, 0.1) is 5.56 Å². The van der Waals surface area contributed by atoms with Crippen molar-refractivity contribution in [2.45, 2.75) is 8.85 Å². The Hall–Kier alpha value is -0.150. The lowest BCUT2D eigenvalue weighted by molar-refractivity contribution is 0.0274. The number of carbonyl (C=O) groups is 1. The lowest BCUT2D eigenvalue weighted by Gasteiger charge is -2.28. The fourth-order valence-electron chi connectivity index (χ4n) is 1.39. The minimum atomic E-state index is -1.92. The Kier molecular flexibility index (Phi) is 2.59. The van der Waals surface area contributed by atoms with Gasteiger partial charge in [0, 0.05) is 5.56 Å². The number of benzene rings is 1. The Morgan fingerprint density at radius 3 is 2.40 bits per heavy atom. The van der Waals surface area contributed by atoms with Gasteiger partial charge in [-0.15, -0.1) is 0 Å². The third-order valence-electron chi connectivity index (χ3n) is 2.09.